The van der Waals surface area contributed by atoms with Crippen molar-refractivity contribution >= 4 is 12.0 Å². The molecule has 0 aromatic heterocycles. The number of carbonyl (C=O) groups is 2. The maximum atomic E-state index is 12.4. The number of esters is 1. The second-order valence-corrected chi connectivity index (χ2v) is 5.29. The molecule has 2 amide bonds. The molecular formula is C17H22N2O4. The van der Waals surface area contributed by atoms with Gasteiger partial charge in [0.2, 0.25) is 0 Å². The number of urea groups is 1. The lowest BCUT2D eigenvalue weighted by atomic mass is 9.94. The minimum atomic E-state index is -0.523. The fraction of sp³-hybridized carbons (Fsp3) is 0.412. The predicted molar refractivity (Wildman–Crippen MR) is 85.8 cm³/mol. The summed E-state index contributed by atoms with van der Waals surface area (Å²) in [5.41, 5.74) is 2.94. The summed E-state index contributed by atoms with van der Waals surface area (Å²) in [6.07, 6.45) is 0.930. The molecule has 6 heteroatoms. The first-order chi connectivity index (χ1) is 11.1. The van der Waals surface area contributed by atoms with E-state index in [9.17, 15) is 9.59 Å². The Bertz CT molecular complexity index is 608. The molecule has 2 rings (SSSR count). The van der Waals surface area contributed by atoms with E-state index in [0.717, 1.165) is 12.0 Å². The van der Waals surface area contributed by atoms with Gasteiger partial charge >= 0.3 is 12.0 Å². The molecule has 1 unspecified atom stereocenters. The van der Waals surface area contributed by atoms with E-state index in [2.05, 4.69) is 17.6 Å². The average molecular weight is 318 g/mol. The summed E-state index contributed by atoms with van der Waals surface area (Å²) in [6, 6.07) is 6.97. The zero-order chi connectivity index (χ0) is 16.8. The lowest BCUT2D eigenvalue weighted by molar-refractivity contribution is -0.140. The van der Waals surface area contributed by atoms with Crippen molar-refractivity contribution in [3.8, 4) is 0 Å². The number of carbonyl (C=O) groups excluding carboxylic acids is 2. The number of hydrogen-bond acceptors (Lipinski definition) is 4. The van der Waals surface area contributed by atoms with E-state index in [4.69, 9.17) is 9.47 Å². The summed E-state index contributed by atoms with van der Waals surface area (Å²) >= 11 is 0. The summed E-state index contributed by atoms with van der Waals surface area (Å²) < 4.78 is 10.1. The van der Waals surface area contributed by atoms with Crippen molar-refractivity contribution in [1.29, 1.82) is 0 Å². The number of aryl methyl sites for hydroxylation is 1. The Balaban J connectivity index is 2.27. The van der Waals surface area contributed by atoms with E-state index >= 15 is 0 Å². The first kappa shape index (κ1) is 17.0. The van der Waals surface area contributed by atoms with E-state index in [1.54, 1.807) is 14.0 Å². The van der Waals surface area contributed by atoms with Gasteiger partial charge in [-0.05, 0) is 24.5 Å². The molecule has 23 heavy (non-hydrogen) atoms. The lowest BCUT2D eigenvalue weighted by Gasteiger charge is -2.28. The van der Waals surface area contributed by atoms with Crippen molar-refractivity contribution in [1.82, 2.24) is 10.6 Å². The van der Waals surface area contributed by atoms with E-state index < -0.39 is 12.0 Å². The second-order valence-electron chi connectivity index (χ2n) is 5.29. The number of nitrogens with one attached hydrogen (secondary N) is 2. The molecule has 1 aliphatic rings. The van der Waals surface area contributed by atoms with Crippen LogP contribution in [0.15, 0.2) is 35.5 Å². The van der Waals surface area contributed by atoms with Gasteiger partial charge in [0, 0.05) is 12.8 Å². The van der Waals surface area contributed by atoms with Crippen LogP contribution in [0.4, 0.5) is 4.79 Å². The molecule has 1 atom stereocenters. The van der Waals surface area contributed by atoms with E-state index in [-0.39, 0.29) is 12.6 Å². The first-order valence-electron chi connectivity index (χ1n) is 7.60. The molecule has 0 spiro atoms. The summed E-state index contributed by atoms with van der Waals surface area (Å²) in [7, 11) is 1.54. The Morgan fingerprint density at radius 1 is 1.22 bits per heavy atom. The number of ether oxygens (including phenoxy) is 2. The van der Waals surface area contributed by atoms with Crippen molar-refractivity contribution in [2.75, 3.05) is 20.3 Å². The standard InChI is InChI=1S/C17H22N2O4/c1-4-12-5-7-13(8-6-12)15-14(11(2)18-17(21)19-15)16(20)23-10-9-22-3/h5-8,15H,4,9-10H2,1-3H3,(H2,18,19,21). The highest BCUT2D eigenvalue weighted by atomic mass is 16.6. The van der Waals surface area contributed by atoms with Crippen LogP contribution in [0.25, 0.3) is 0 Å². The van der Waals surface area contributed by atoms with Crippen LogP contribution in [0.3, 0.4) is 0 Å². The molecule has 1 aromatic rings. The quantitative estimate of drug-likeness (QED) is 0.622. The van der Waals surface area contributed by atoms with Crippen molar-refractivity contribution in [2.24, 2.45) is 0 Å². The zero-order valence-corrected chi connectivity index (χ0v) is 13.6. The Hall–Kier alpha value is -2.34. The van der Waals surface area contributed by atoms with Crippen molar-refractivity contribution in [3.05, 3.63) is 46.7 Å². The molecule has 0 bridgehead atoms. The fourth-order valence-electron chi connectivity index (χ4n) is 2.46. The Labute approximate surface area is 135 Å². The maximum absolute atomic E-state index is 12.4. The summed E-state index contributed by atoms with van der Waals surface area (Å²) in [5, 5.41) is 5.40. The largest absolute Gasteiger partial charge is 0.460 e. The molecular weight excluding hydrogens is 296 g/mol. The summed E-state index contributed by atoms with van der Waals surface area (Å²) in [4.78, 5) is 24.2. The molecule has 0 aliphatic carbocycles. The number of methoxy groups -OCH3 is 1. The van der Waals surface area contributed by atoms with Crippen LogP contribution in [0, 0.1) is 0 Å². The van der Waals surface area contributed by atoms with Gasteiger partial charge in [-0.1, -0.05) is 31.2 Å². The molecule has 6 nitrogen and oxygen atoms in total. The van der Waals surface area contributed by atoms with Gasteiger partial charge in [0.15, 0.2) is 0 Å². The van der Waals surface area contributed by atoms with Gasteiger partial charge in [-0.3, -0.25) is 0 Å². The van der Waals surface area contributed by atoms with E-state index in [1.165, 1.54) is 5.56 Å². The number of benzene rings is 1. The molecule has 0 saturated carbocycles. The van der Waals surface area contributed by atoms with Gasteiger partial charge in [-0.25, -0.2) is 9.59 Å². The van der Waals surface area contributed by atoms with Gasteiger partial charge in [0.25, 0.3) is 0 Å². The second kappa shape index (κ2) is 7.78. The van der Waals surface area contributed by atoms with Crippen LogP contribution >= 0.6 is 0 Å². The Morgan fingerprint density at radius 2 is 1.91 bits per heavy atom. The number of allylic oxidation sites excluding steroid dienone is 1. The monoisotopic (exact) mass is 318 g/mol. The van der Waals surface area contributed by atoms with Gasteiger partial charge in [0.1, 0.15) is 6.61 Å². The molecule has 1 heterocycles. The molecule has 1 aromatic carbocycles. The third kappa shape index (κ3) is 4.10. The lowest BCUT2D eigenvalue weighted by Crippen LogP contribution is -2.45. The van der Waals surface area contributed by atoms with Crippen LogP contribution in [0.1, 0.15) is 31.0 Å². The van der Waals surface area contributed by atoms with E-state index in [0.29, 0.717) is 17.9 Å². The Morgan fingerprint density at radius 3 is 2.52 bits per heavy atom. The molecule has 0 fully saturated rings. The number of amides is 2. The zero-order valence-electron chi connectivity index (χ0n) is 13.6. The Kier molecular flexibility index (Phi) is 5.76. The summed E-state index contributed by atoms with van der Waals surface area (Å²) in [6.45, 7) is 4.26. The first-order valence-corrected chi connectivity index (χ1v) is 7.60. The highest BCUT2D eigenvalue weighted by molar-refractivity contribution is 5.95. The van der Waals surface area contributed by atoms with Crippen LogP contribution < -0.4 is 10.6 Å². The molecule has 0 radical (unpaired) electrons. The maximum Gasteiger partial charge on any atom is 0.338 e. The minimum absolute atomic E-state index is 0.168. The highest BCUT2D eigenvalue weighted by Gasteiger charge is 2.32. The van der Waals surface area contributed by atoms with Crippen molar-refractivity contribution in [2.45, 2.75) is 26.3 Å². The number of rotatable bonds is 6. The van der Waals surface area contributed by atoms with Gasteiger partial charge in [-0.15, -0.1) is 0 Å². The van der Waals surface area contributed by atoms with Crippen molar-refractivity contribution < 1.29 is 19.1 Å². The third-order valence-electron chi connectivity index (χ3n) is 3.73. The molecule has 0 saturated heterocycles. The fourth-order valence-corrected chi connectivity index (χ4v) is 2.46. The van der Waals surface area contributed by atoms with Gasteiger partial charge in [0.05, 0.1) is 18.2 Å². The van der Waals surface area contributed by atoms with E-state index in [1.807, 2.05) is 24.3 Å². The van der Waals surface area contributed by atoms with Crippen LogP contribution in [0.2, 0.25) is 0 Å². The van der Waals surface area contributed by atoms with Gasteiger partial charge in [-0.2, -0.15) is 0 Å². The topological polar surface area (TPSA) is 76.7 Å². The van der Waals surface area contributed by atoms with Crippen LogP contribution in [0.5, 0.6) is 0 Å². The predicted octanol–water partition coefficient (Wildman–Crippen LogP) is 2.07. The highest BCUT2D eigenvalue weighted by Crippen LogP contribution is 2.27. The third-order valence-corrected chi connectivity index (χ3v) is 3.73. The van der Waals surface area contributed by atoms with Crippen LogP contribution in [-0.2, 0) is 20.7 Å². The molecule has 1 aliphatic heterocycles. The normalized spacial score (nSPS) is 17.5. The molecule has 124 valence electrons. The molecule has 2 N–H and O–H groups in total. The van der Waals surface area contributed by atoms with Crippen LogP contribution in [-0.4, -0.2) is 32.3 Å². The average Bonchev–Trinajstić information content (AvgIpc) is 2.54. The minimum Gasteiger partial charge on any atom is -0.460 e. The number of hydrogen-bond donors (Lipinski definition) is 2. The smallest absolute Gasteiger partial charge is 0.338 e. The van der Waals surface area contributed by atoms with Gasteiger partial charge < -0.3 is 20.1 Å². The SMILES string of the molecule is CCc1ccc(C2NC(=O)NC(C)=C2C(=O)OCCOC)cc1. The summed E-state index contributed by atoms with van der Waals surface area (Å²) in [5.74, 6) is -0.461. The van der Waals surface area contributed by atoms with Crippen molar-refractivity contribution in [3.63, 3.8) is 0 Å².